The highest BCUT2D eigenvalue weighted by molar-refractivity contribution is 9.10. The van der Waals surface area contributed by atoms with Crippen molar-refractivity contribution in [2.45, 2.75) is 12.3 Å². The van der Waals surface area contributed by atoms with Crippen molar-refractivity contribution in [2.24, 2.45) is 0 Å². The second kappa shape index (κ2) is 7.73. The van der Waals surface area contributed by atoms with Crippen LogP contribution in [0.4, 0.5) is 0 Å². The molecule has 0 aliphatic rings. The van der Waals surface area contributed by atoms with Gasteiger partial charge in [0, 0.05) is 10.0 Å². The molecule has 0 saturated heterocycles. The molecule has 2 aromatic carbocycles. The average molecular weight is 401 g/mol. The molecule has 121 valence electrons. The molecule has 0 aliphatic carbocycles. The summed E-state index contributed by atoms with van der Waals surface area (Å²) in [6.07, 6.45) is 0.581. The maximum Gasteiger partial charge on any atom is 0.224 e. The van der Waals surface area contributed by atoms with E-state index in [-0.39, 0.29) is 11.7 Å². The van der Waals surface area contributed by atoms with Crippen LogP contribution in [0.15, 0.2) is 58.4 Å². The van der Waals surface area contributed by atoms with Crippen LogP contribution in [0.1, 0.15) is 26.8 Å². The van der Waals surface area contributed by atoms with Crippen LogP contribution in [0.25, 0.3) is 0 Å². The molecule has 1 atom stereocenters. The van der Waals surface area contributed by atoms with Crippen molar-refractivity contribution in [3.05, 3.63) is 80.6 Å². The highest BCUT2D eigenvalue weighted by Crippen LogP contribution is 2.30. The Kier molecular flexibility index (Phi) is 5.43. The van der Waals surface area contributed by atoms with Gasteiger partial charge in [0.2, 0.25) is 5.88 Å². The van der Waals surface area contributed by atoms with Gasteiger partial charge in [-0.15, -0.1) is 11.3 Å². The van der Waals surface area contributed by atoms with E-state index in [9.17, 15) is 4.79 Å². The minimum Gasteiger partial charge on any atom is -0.480 e. The van der Waals surface area contributed by atoms with E-state index in [1.165, 1.54) is 11.3 Å². The van der Waals surface area contributed by atoms with Crippen molar-refractivity contribution < 1.29 is 9.53 Å². The zero-order valence-corrected chi connectivity index (χ0v) is 15.4. The molecule has 0 N–H and O–H groups in total. The number of hydrogen-bond acceptors (Lipinski definition) is 4. The largest absolute Gasteiger partial charge is 0.480 e. The molecule has 1 radical (unpaired) electrons. The summed E-state index contributed by atoms with van der Waals surface area (Å²) in [5, 5.41) is 2.60. The second-order valence-corrected chi connectivity index (χ2v) is 7.00. The van der Waals surface area contributed by atoms with E-state index in [0.717, 1.165) is 15.0 Å². The fraction of sp³-hybridized carbons (Fsp3) is 0.158. The first-order valence-electron chi connectivity index (χ1n) is 7.42. The predicted octanol–water partition coefficient (Wildman–Crippen LogP) is 4.92. The zero-order chi connectivity index (χ0) is 16.9. The number of nitrogens with zero attached hydrogens (tertiary/aromatic N) is 1. The second-order valence-electron chi connectivity index (χ2n) is 5.26. The quantitative estimate of drug-likeness (QED) is 0.551. The van der Waals surface area contributed by atoms with Crippen molar-refractivity contribution in [3.8, 4) is 5.88 Å². The third kappa shape index (κ3) is 3.91. The zero-order valence-electron chi connectivity index (χ0n) is 13.0. The molecule has 3 rings (SSSR count). The van der Waals surface area contributed by atoms with Gasteiger partial charge in [-0.1, -0.05) is 58.4 Å². The number of ketones is 1. The highest BCUT2D eigenvalue weighted by Gasteiger charge is 2.25. The molecular weight excluding hydrogens is 386 g/mol. The minimum absolute atomic E-state index is 0.0663. The molecule has 0 aliphatic heterocycles. The van der Waals surface area contributed by atoms with Crippen molar-refractivity contribution in [1.29, 1.82) is 0 Å². The van der Waals surface area contributed by atoms with Gasteiger partial charge in [0.15, 0.2) is 5.78 Å². The number of carbonyl (C=O) groups excluding carboxylic acids is 1. The minimum atomic E-state index is -0.337. The molecule has 3 aromatic rings. The molecule has 1 unspecified atom stereocenters. The standard InChI is InChI=1S/C19H15BrNO2S/c1-23-17-12-24-19(21-17)16(11-13-6-5-9-15(20)10-13)18(22)14-7-3-2-4-8-14/h2-8,10,12,16H,11H2,1H3. The summed E-state index contributed by atoms with van der Waals surface area (Å²) < 4.78 is 6.05. The van der Waals surface area contributed by atoms with Crippen LogP contribution in [0.2, 0.25) is 0 Å². The number of thiazole rings is 1. The number of carbonyl (C=O) groups is 1. The van der Waals surface area contributed by atoms with E-state index in [1.807, 2.05) is 53.9 Å². The van der Waals surface area contributed by atoms with Crippen molar-refractivity contribution in [1.82, 2.24) is 4.98 Å². The Balaban J connectivity index is 1.95. The molecule has 0 spiro atoms. The normalized spacial score (nSPS) is 11.9. The van der Waals surface area contributed by atoms with Crippen LogP contribution in [0.3, 0.4) is 0 Å². The van der Waals surface area contributed by atoms with Crippen LogP contribution in [0.5, 0.6) is 5.88 Å². The molecule has 1 aromatic heterocycles. The van der Waals surface area contributed by atoms with Crippen molar-refractivity contribution in [3.63, 3.8) is 0 Å². The summed E-state index contributed by atoms with van der Waals surface area (Å²) in [4.78, 5) is 17.5. The van der Waals surface area contributed by atoms with Crippen LogP contribution in [0, 0.1) is 6.07 Å². The van der Waals surface area contributed by atoms with Crippen LogP contribution in [-0.2, 0) is 6.42 Å². The summed E-state index contributed by atoms with van der Waals surface area (Å²) >= 11 is 4.88. The fourth-order valence-corrected chi connectivity index (χ4v) is 3.76. The highest BCUT2D eigenvalue weighted by atomic mass is 79.9. The Hall–Kier alpha value is -1.98. The Bertz CT molecular complexity index is 832. The third-order valence-electron chi connectivity index (χ3n) is 3.65. The molecule has 0 amide bonds. The van der Waals surface area contributed by atoms with E-state index in [2.05, 4.69) is 27.0 Å². The van der Waals surface area contributed by atoms with Gasteiger partial charge in [-0.05, 0) is 24.1 Å². The van der Waals surface area contributed by atoms with E-state index in [4.69, 9.17) is 4.74 Å². The van der Waals surface area contributed by atoms with Crippen molar-refractivity contribution >= 4 is 33.0 Å². The molecule has 0 saturated carbocycles. The average Bonchev–Trinajstić information content (AvgIpc) is 3.09. The first-order valence-corrected chi connectivity index (χ1v) is 9.09. The Morgan fingerprint density at radius 1 is 1.33 bits per heavy atom. The Morgan fingerprint density at radius 2 is 2.12 bits per heavy atom. The van der Waals surface area contributed by atoms with Crippen LogP contribution < -0.4 is 4.74 Å². The molecular formula is C19H15BrNO2S. The van der Waals surface area contributed by atoms with E-state index < -0.39 is 0 Å². The van der Waals surface area contributed by atoms with Gasteiger partial charge < -0.3 is 4.74 Å². The maximum absolute atomic E-state index is 13.0. The van der Waals surface area contributed by atoms with Gasteiger partial charge in [-0.3, -0.25) is 4.79 Å². The summed E-state index contributed by atoms with van der Waals surface area (Å²) in [6, 6.07) is 18.2. The number of Topliss-reactive ketones (excluding diaryl/α,β-unsaturated/α-hetero) is 1. The van der Waals surface area contributed by atoms with Gasteiger partial charge in [0.25, 0.3) is 0 Å². The molecule has 1 heterocycles. The van der Waals surface area contributed by atoms with Gasteiger partial charge >= 0.3 is 0 Å². The summed E-state index contributed by atoms with van der Waals surface area (Å²) in [5.74, 6) is 0.274. The summed E-state index contributed by atoms with van der Waals surface area (Å²) in [7, 11) is 1.58. The molecule has 0 bridgehead atoms. The number of aromatic nitrogens is 1. The molecule has 3 nitrogen and oxygen atoms in total. The lowest BCUT2D eigenvalue weighted by Crippen LogP contribution is -2.15. The predicted molar refractivity (Wildman–Crippen MR) is 98.9 cm³/mol. The van der Waals surface area contributed by atoms with Crippen LogP contribution >= 0.6 is 27.3 Å². The van der Waals surface area contributed by atoms with Crippen molar-refractivity contribution in [2.75, 3.05) is 7.11 Å². The number of ether oxygens (including phenoxy) is 1. The number of methoxy groups -OCH3 is 1. The Morgan fingerprint density at radius 3 is 2.79 bits per heavy atom. The first kappa shape index (κ1) is 16.9. The summed E-state index contributed by atoms with van der Waals surface area (Å²) in [6.45, 7) is 0. The smallest absolute Gasteiger partial charge is 0.224 e. The molecule has 24 heavy (non-hydrogen) atoms. The molecule has 5 heteroatoms. The SMILES string of the molecule is COc1csc(C(Cc2cc[c]c(Br)c2)C(=O)c2ccccc2)n1. The Labute approximate surface area is 153 Å². The fourth-order valence-electron chi connectivity index (χ4n) is 2.47. The third-order valence-corrected chi connectivity index (χ3v) is 5.05. The lowest BCUT2D eigenvalue weighted by atomic mass is 9.92. The van der Waals surface area contributed by atoms with Gasteiger partial charge in [-0.2, -0.15) is 0 Å². The topological polar surface area (TPSA) is 39.2 Å². The molecule has 0 fully saturated rings. The van der Waals surface area contributed by atoms with Gasteiger partial charge in [-0.25, -0.2) is 4.98 Å². The number of halogens is 1. The van der Waals surface area contributed by atoms with Crippen LogP contribution in [-0.4, -0.2) is 17.9 Å². The van der Waals surface area contributed by atoms with E-state index in [1.54, 1.807) is 7.11 Å². The lowest BCUT2D eigenvalue weighted by Gasteiger charge is -2.14. The monoisotopic (exact) mass is 400 g/mol. The number of rotatable bonds is 6. The number of benzene rings is 2. The van der Waals surface area contributed by atoms with E-state index in [0.29, 0.717) is 17.9 Å². The lowest BCUT2D eigenvalue weighted by molar-refractivity contribution is 0.0958. The first-order chi connectivity index (χ1) is 11.7. The summed E-state index contributed by atoms with van der Waals surface area (Å²) in [5.41, 5.74) is 1.75. The number of hydrogen-bond donors (Lipinski definition) is 0. The van der Waals surface area contributed by atoms with Gasteiger partial charge in [0.05, 0.1) is 18.4 Å². The maximum atomic E-state index is 13.0. The van der Waals surface area contributed by atoms with Gasteiger partial charge in [0.1, 0.15) is 5.01 Å². The van der Waals surface area contributed by atoms with E-state index >= 15 is 0 Å².